The van der Waals surface area contributed by atoms with E-state index >= 15 is 0 Å². The first-order valence-corrected chi connectivity index (χ1v) is 6.64. The average Bonchev–Trinajstić information content (AvgIpc) is 2.42. The number of hydrogen-bond acceptors (Lipinski definition) is 3. The molecule has 6 heteroatoms. The van der Waals surface area contributed by atoms with Gasteiger partial charge in [0.2, 0.25) is 0 Å². The summed E-state index contributed by atoms with van der Waals surface area (Å²) in [5.41, 5.74) is 5.08. The van der Waals surface area contributed by atoms with E-state index < -0.39 is 0 Å². The van der Waals surface area contributed by atoms with Crippen LogP contribution in [0.25, 0.3) is 0 Å². The summed E-state index contributed by atoms with van der Waals surface area (Å²) < 4.78 is 13.4. The van der Waals surface area contributed by atoms with Gasteiger partial charge in [0.05, 0.1) is 4.47 Å². The van der Waals surface area contributed by atoms with Gasteiger partial charge in [-0.1, -0.05) is 0 Å². The maximum atomic E-state index is 13.1. The zero-order chi connectivity index (χ0) is 14.7. The highest BCUT2D eigenvalue weighted by atomic mass is 79.9. The summed E-state index contributed by atoms with van der Waals surface area (Å²) in [6, 6.07) is 9.46. The number of carbonyl (C=O) groups excluding carboxylic acids is 1. The molecule has 0 aliphatic heterocycles. The average molecular weight is 338 g/mol. The molecule has 0 heterocycles. The molecule has 0 aromatic heterocycles. The predicted octanol–water partition coefficient (Wildman–Crippen LogP) is 3.43. The first-order valence-electron chi connectivity index (χ1n) is 5.85. The van der Waals surface area contributed by atoms with Crippen molar-refractivity contribution in [3.05, 3.63) is 57.8 Å². The molecule has 1 amide bonds. The second-order valence-electron chi connectivity index (χ2n) is 4.26. The van der Waals surface area contributed by atoms with Gasteiger partial charge in [-0.15, -0.1) is 0 Å². The summed E-state index contributed by atoms with van der Waals surface area (Å²) in [5, 5.41) is 2.72. The van der Waals surface area contributed by atoms with Crippen molar-refractivity contribution in [2.24, 2.45) is 5.84 Å². The molecular weight excluding hydrogens is 325 g/mol. The molecule has 20 heavy (non-hydrogen) atoms. The van der Waals surface area contributed by atoms with Gasteiger partial charge in [0.1, 0.15) is 5.82 Å². The van der Waals surface area contributed by atoms with Crippen LogP contribution in [0.1, 0.15) is 15.9 Å². The van der Waals surface area contributed by atoms with Crippen molar-refractivity contribution in [2.75, 3.05) is 10.7 Å². The highest BCUT2D eigenvalue weighted by molar-refractivity contribution is 9.10. The Bertz CT molecular complexity index is 661. The third-order valence-electron chi connectivity index (χ3n) is 2.82. The zero-order valence-electron chi connectivity index (χ0n) is 10.7. The minimum Gasteiger partial charge on any atom is -0.324 e. The molecule has 2 aromatic carbocycles. The van der Waals surface area contributed by atoms with E-state index in [9.17, 15) is 9.18 Å². The van der Waals surface area contributed by atoms with Crippen LogP contribution >= 0.6 is 15.9 Å². The van der Waals surface area contributed by atoms with Gasteiger partial charge in [0.15, 0.2) is 0 Å². The molecular formula is C14H13BrFN3O. The van der Waals surface area contributed by atoms with Crippen LogP contribution in [-0.4, -0.2) is 5.91 Å². The van der Waals surface area contributed by atoms with E-state index in [1.54, 1.807) is 18.2 Å². The van der Waals surface area contributed by atoms with Crippen LogP contribution < -0.4 is 16.6 Å². The molecule has 0 saturated heterocycles. The van der Waals surface area contributed by atoms with E-state index in [1.165, 1.54) is 18.2 Å². The standard InChI is InChI=1S/C14H13BrFN3O/c1-8-6-10(19-17)2-4-11(8)14(20)18-9-3-5-13(16)12(15)7-9/h2-7,19H,17H2,1H3,(H,18,20). The molecule has 4 N–H and O–H groups in total. The van der Waals surface area contributed by atoms with Gasteiger partial charge in [-0.2, -0.15) is 0 Å². The Kier molecular flexibility index (Phi) is 4.36. The van der Waals surface area contributed by atoms with Gasteiger partial charge in [-0.3, -0.25) is 10.6 Å². The molecule has 0 radical (unpaired) electrons. The summed E-state index contributed by atoms with van der Waals surface area (Å²) in [4.78, 5) is 12.2. The predicted molar refractivity (Wildman–Crippen MR) is 81.0 cm³/mol. The maximum absolute atomic E-state index is 13.1. The number of hydrazine groups is 1. The molecule has 0 unspecified atom stereocenters. The molecule has 0 spiro atoms. The van der Waals surface area contributed by atoms with Crippen molar-refractivity contribution in [3.63, 3.8) is 0 Å². The fourth-order valence-corrected chi connectivity index (χ4v) is 2.16. The highest BCUT2D eigenvalue weighted by Crippen LogP contribution is 2.21. The van der Waals surface area contributed by atoms with Gasteiger partial charge >= 0.3 is 0 Å². The van der Waals surface area contributed by atoms with Gasteiger partial charge in [-0.25, -0.2) is 4.39 Å². The number of amides is 1. The molecule has 104 valence electrons. The number of aryl methyl sites for hydroxylation is 1. The summed E-state index contributed by atoms with van der Waals surface area (Å²) in [5.74, 6) is 4.67. The van der Waals surface area contributed by atoms with E-state index in [0.29, 0.717) is 15.7 Å². The lowest BCUT2D eigenvalue weighted by molar-refractivity contribution is 0.102. The monoisotopic (exact) mass is 337 g/mol. The van der Waals surface area contributed by atoms with Crippen molar-refractivity contribution in [2.45, 2.75) is 6.92 Å². The second kappa shape index (κ2) is 6.02. The Morgan fingerprint density at radius 2 is 1.90 bits per heavy atom. The second-order valence-corrected chi connectivity index (χ2v) is 5.11. The molecule has 0 aliphatic rings. The van der Waals surface area contributed by atoms with Crippen LogP contribution in [-0.2, 0) is 0 Å². The van der Waals surface area contributed by atoms with E-state index in [0.717, 1.165) is 11.3 Å². The first kappa shape index (κ1) is 14.5. The number of anilines is 2. The molecule has 4 nitrogen and oxygen atoms in total. The van der Waals surface area contributed by atoms with Crippen molar-refractivity contribution >= 4 is 33.2 Å². The minimum atomic E-state index is -0.377. The Morgan fingerprint density at radius 1 is 1.20 bits per heavy atom. The molecule has 0 bridgehead atoms. The molecule has 0 fully saturated rings. The molecule has 2 aromatic rings. The first-order chi connectivity index (χ1) is 9.51. The van der Waals surface area contributed by atoms with Crippen LogP contribution in [0.3, 0.4) is 0 Å². The summed E-state index contributed by atoms with van der Waals surface area (Å²) in [7, 11) is 0. The van der Waals surface area contributed by atoms with Gasteiger partial charge in [-0.05, 0) is 64.8 Å². The van der Waals surface area contributed by atoms with E-state index in [1.807, 2.05) is 6.92 Å². The van der Waals surface area contributed by atoms with Crippen LogP contribution in [0.15, 0.2) is 40.9 Å². The summed E-state index contributed by atoms with van der Waals surface area (Å²) in [6.45, 7) is 1.82. The number of rotatable bonds is 3. The number of nitrogen functional groups attached to an aromatic ring is 1. The van der Waals surface area contributed by atoms with Crippen molar-refractivity contribution in [3.8, 4) is 0 Å². The number of nitrogens with two attached hydrogens (primary N) is 1. The van der Waals surface area contributed by atoms with E-state index in [-0.39, 0.29) is 11.7 Å². The molecule has 2 rings (SSSR count). The smallest absolute Gasteiger partial charge is 0.255 e. The van der Waals surface area contributed by atoms with Crippen LogP contribution in [0.2, 0.25) is 0 Å². The topological polar surface area (TPSA) is 67.1 Å². The normalized spacial score (nSPS) is 10.2. The number of halogens is 2. The third kappa shape index (κ3) is 3.15. The third-order valence-corrected chi connectivity index (χ3v) is 3.42. The van der Waals surface area contributed by atoms with Gasteiger partial charge < -0.3 is 10.7 Å². The van der Waals surface area contributed by atoms with Crippen molar-refractivity contribution < 1.29 is 9.18 Å². The Morgan fingerprint density at radius 3 is 2.50 bits per heavy atom. The number of carbonyl (C=O) groups is 1. The van der Waals surface area contributed by atoms with E-state index in [4.69, 9.17) is 5.84 Å². The number of hydrogen-bond donors (Lipinski definition) is 3. The zero-order valence-corrected chi connectivity index (χ0v) is 12.3. The minimum absolute atomic E-state index is 0.260. The molecule has 0 aliphatic carbocycles. The van der Waals surface area contributed by atoms with Crippen LogP contribution in [0.5, 0.6) is 0 Å². The fraction of sp³-hybridized carbons (Fsp3) is 0.0714. The highest BCUT2D eigenvalue weighted by Gasteiger charge is 2.10. The lowest BCUT2D eigenvalue weighted by Crippen LogP contribution is -2.14. The Hall–Kier alpha value is -1.92. The molecule has 0 atom stereocenters. The maximum Gasteiger partial charge on any atom is 0.255 e. The summed E-state index contributed by atoms with van der Waals surface area (Å²) >= 11 is 3.08. The number of nitrogens with one attached hydrogen (secondary N) is 2. The Balaban J connectivity index is 2.21. The van der Waals surface area contributed by atoms with Gasteiger partial charge in [0, 0.05) is 16.9 Å². The van der Waals surface area contributed by atoms with Crippen LogP contribution in [0, 0.1) is 12.7 Å². The van der Waals surface area contributed by atoms with E-state index in [2.05, 4.69) is 26.7 Å². The van der Waals surface area contributed by atoms with Crippen molar-refractivity contribution in [1.82, 2.24) is 0 Å². The van der Waals surface area contributed by atoms with Crippen LogP contribution in [0.4, 0.5) is 15.8 Å². The molecule has 0 saturated carbocycles. The van der Waals surface area contributed by atoms with Gasteiger partial charge in [0.25, 0.3) is 5.91 Å². The SMILES string of the molecule is Cc1cc(NN)ccc1C(=O)Nc1ccc(F)c(Br)c1. The lowest BCUT2D eigenvalue weighted by Gasteiger charge is -2.10. The largest absolute Gasteiger partial charge is 0.324 e. The lowest BCUT2D eigenvalue weighted by atomic mass is 10.1. The summed E-state index contributed by atoms with van der Waals surface area (Å²) in [6.07, 6.45) is 0. The fourth-order valence-electron chi connectivity index (χ4n) is 1.78. The Labute approximate surface area is 124 Å². The quantitative estimate of drug-likeness (QED) is 0.593. The number of benzene rings is 2. The van der Waals surface area contributed by atoms with Crippen molar-refractivity contribution in [1.29, 1.82) is 0 Å².